The van der Waals surface area contributed by atoms with E-state index in [1.807, 2.05) is 30.3 Å². The highest BCUT2D eigenvalue weighted by Crippen LogP contribution is 2.39. The Bertz CT molecular complexity index is 907. The molecule has 1 N–H and O–H groups in total. The lowest BCUT2D eigenvalue weighted by molar-refractivity contribution is 0.343. The van der Waals surface area contributed by atoms with E-state index in [2.05, 4.69) is 31.3 Å². The summed E-state index contributed by atoms with van der Waals surface area (Å²) in [6.45, 7) is 5.82. The number of ether oxygens (including phenoxy) is 4. The van der Waals surface area contributed by atoms with Gasteiger partial charge in [-0.15, -0.1) is 0 Å². The second-order valence-electron chi connectivity index (χ2n) is 8.10. The van der Waals surface area contributed by atoms with Gasteiger partial charge in [-0.3, -0.25) is 0 Å². The fraction of sp³-hybridized carbons (Fsp3) is 0.500. The van der Waals surface area contributed by atoms with Crippen molar-refractivity contribution in [1.82, 2.24) is 5.32 Å². The van der Waals surface area contributed by atoms with Crippen LogP contribution < -0.4 is 24.3 Å². The molecule has 32 heavy (non-hydrogen) atoms. The van der Waals surface area contributed by atoms with Gasteiger partial charge in [0.2, 0.25) is 0 Å². The molecule has 2 rings (SSSR count). The highest BCUT2D eigenvalue weighted by Gasteiger charge is 2.36. The molecule has 1 atom stereocenters. The van der Waals surface area contributed by atoms with Gasteiger partial charge in [0, 0.05) is 0 Å². The van der Waals surface area contributed by atoms with E-state index in [1.165, 1.54) is 5.56 Å². The van der Waals surface area contributed by atoms with Crippen molar-refractivity contribution in [3.05, 3.63) is 47.5 Å². The summed E-state index contributed by atoms with van der Waals surface area (Å²) >= 11 is 0. The highest BCUT2D eigenvalue weighted by atomic mass is 16.5. The number of nitriles is 1. The van der Waals surface area contributed by atoms with E-state index < -0.39 is 5.41 Å². The third-order valence-corrected chi connectivity index (χ3v) is 6.05. The first-order chi connectivity index (χ1) is 15.4. The summed E-state index contributed by atoms with van der Waals surface area (Å²) in [4.78, 5) is 0. The lowest BCUT2D eigenvalue weighted by Crippen LogP contribution is -2.35. The normalized spacial score (nSPS) is 12.7. The number of nitrogens with zero attached hydrogens (tertiary/aromatic N) is 1. The molecule has 0 spiro atoms. The van der Waals surface area contributed by atoms with E-state index in [-0.39, 0.29) is 5.92 Å². The van der Waals surface area contributed by atoms with Crippen LogP contribution >= 0.6 is 0 Å². The monoisotopic (exact) mass is 440 g/mol. The van der Waals surface area contributed by atoms with Crippen molar-refractivity contribution < 1.29 is 18.9 Å². The van der Waals surface area contributed by atoms with Crippen molar-refractivity contribution >= 4 is 0 Å². The molecule has 6 nitrogen and oxygen atoms in total. The summed E-state index contributed by atoms with van der Waals surface area (Å²) in [7, 11) is 6.52. The molecule has 0 aromatic heterocycles. The number of hydrogen-bond acceptors (Lipinski definition) is 6. The molecule has 0 saturated heterocycles. The zero-order valence-electron chi connectivity index (χ0n) is 20.2. The molecular weight excluding hydrogens is 404 g/mol. The fourth-order valence-corrected chi connectivity index (χ4v) is 3.99. The Balaban J connectivity index is 1.96. The van der Waals surface area contributed by atoms with E-state index in [0.717, 1.165) is 43.0 Å². The highest BCUT2D eigenvalue weighted by molar-refractivity contribution is 5.47. The predicted molar refractivity (Wildman–Crippen MR) is 127 cm³/mol. The van der Waals surface area contributed by atoms with Crippen LogP contribution in [0.15, 0.2) is 36.4 Å². The smallest absolute Gasteiger partial charge is 0.161 e. The minimum atomic E-state index is -0.601. The Kier molecular flexibility index (Phi) is 9.67. The number of nitrogens with one attached hydrogen (secondary N) is 1. The van der Waals surface area contributed by atoms with Crippen molar-refractivity contribution in [1.29, 1.82) is 5.26 Å². The lowest BCUT2D eigenvalue weighted by atomic mass is 9.70. The van der Waals surface area contributed by atoms with Crippen LogP contribution in [0.25, 0.3) is 0 Å². The second kappa shape index (κ2) is 12.2. The van der Waals surface area contributed by atoms with Crippen molar-refractivity contribution in [3.63, 3.8) is 0 Å². The Morgan fingerprint density at radius 1 is 0.844 bits per heavy atom. The van der Waals surface area contributed by atoms with E-state index in [0.29, 0.717) is 17.9 Å². The Morgan fingerprint density at radius 3 is 2.00 bits per heavy atom. The number of methoxy groups -OCH3 is 4. The first-order valence-corrected chi connectivity index (χ1v) is 11.0. The van der Waals surface area contributed by atoms with Crippen LogP contribution in [0.5, 0.6) is 23.0 Å². The SMILES string of the molecule is COc1ccc(CCCNCCC(C#N)(c2ccc(OC)c(OC)c2)C(C)C)cc1OC. The number of aryl methyl sites for hydroxylation is 1. The van der Waals surface area contributed by atoms with Gasteiger partial charge in [-0.25, -0.2) is 0 Å². The van der Waals surface area contributed by atoms with Crippen LogP contribution in [0, 0.1) is 17.2 Å². The zero-order valence-corrected chi connectivity index (χ0v) is 20.2. The van der Waals surface area contributed by atoms with E-state index in [9.17, 15) is 5.26 Å². The Labute approximate surface area is 192 Å². The van der Waals surface area contributed by atoms with Gasteiger partial charge in [-0.05, 0) is 73.7 Å². The maximum Gasteiger partial charge on any atom is 0.161 e. The van der Waals surface area contributed by atoms with Gasteiger partial charge in [0.15, 0.2) is 23.0 Å². The summed E-state index contributed by atoms with van der Waals surface area (Å²) in [5.41, 5.74) is 1.57. The molecule has 6 heteroatoms. The molecule has 174 valence electrons. The van der Waals surface area contributed by atoms with Crippen LogP contribution in [-0.2, 0) is 11.8 Å². The zero-order chi connectivity index (χ0) is 23.6. The van der Waals surface area contributed by atoms with Gasteiger partial charge in [0.05, 0.1) is 39.9 Å². The summed E-state index contributed by atoms with van der Waals surface area (Å²) < 4.78 is 21.5. The standard InChI is InChI=1S/C26H36N2O4/c1-19(2)26(18-27,21-10-12-23(30-4)25(17-21)32-6)13-15-28-14-7-8-20-9-11-22(29-3)24(16-20)31-5/h9-12,16-17,19,28H,7-8,13-15H2,1-6H3. The topological polar surface area (TPSA) is 72.7 Å². The van der Waals surface area contributed by atoms with Crippen LogP contribution in [0.2, 0.25) is 0 Å². The van der Waals surface area contributed by atoms with Crippen LogP contribution in [-0.4, -0.2) is 41.5 Å². The largest absolute Gasteiger partial charge is 0.493 e. The van der Waals surface area contributed by atoms with Crippen LogP contribution in [0.3, 0.4) is 0 Å². The minimum absolute atomic E-state index is 0.152. The quantitative estimate of drug-likeness (QED) is 0.453. The predicted octanol–water partition coefficient (Wildman–Crippen LogP) is 4.75. The average Bonchev–Trinajstić information content (AvgIpc) is 2.82. The molecule has 2 aromatic rings. The van der Waals surface area contributed by atoms with Gasteiger partial charge < -0.3 is 24.3 Å². The molecule has 1 unspecified atom stereocenters. The van der Waals surface area contributed by atoms with E-state index in [4.69, 9.17) is 18.9 Å². The van der Waals surface area contributed by atoms with E-state index in [1.54, 1.807) is 28.4 Å². The molecule has 0 aliphatic rings. The van der Waals surface area contributed by atoms with Crippen molar-refractivity contribution in [2.24, 2.45) is 5.92 Å². The van der Waals surface area contributed by atoms with Gasteiger partial charge in [0.25, 0.3) is 0 Å². The average molecular weight is 441 g/mol. The third kappa shape index (κ3) is 5.86. The fourth-order valence-electron chi connectivity index (χ4n) is 3.99. The van der Waals surface area contributed by atoms with Gasteiger partial charge >= 0.3 is 0 Å². The van der Waals surface area contributed by atoms with Crippen LogP contribution in [0.1, 0.15) is 37.8 Å². The summed E-state index contributed by atoms with van der Waals surface area (Å²) in [5, 5.41) is 13.7. The van der Waals surface area contributed by atoms with Crippen LogP contribution in [0.4, 0.5) is 0 Å². The van der Waals surface area contributed by atoms with Crippen molar-refractivity contribution in [2.75, 3.05) is 41.5 Å². The molecule has 0 radical (unpaired) electrons. The first-order valence-electron chi connectivity index (χ1n) is 11.0. The molecule has 0 saturated carbocycles. The second-order valence-corrected chi connectivity index (χ2v) is 8.10. The Hall–Kier alpha value is -2.91. The molecule has 0 aliphatic heterocycles. The Morgan fingerprint density at radius 2 is 1.44 bits per heavy atom. The molecule has 0 amide bonds. The van der Waals surface area contributed by atoms with E-state index >= 15 is 0 Å². The molecule has 0 aliphatic carbocycles. The minimum Gasteiger partial charge on any atom is -0.493 e. The number of benzene rings is 2. The van der Waals surface area contributed by atoms with Crippen molar-refractivity contribution in [3.8, 4) is 29.1 Å². The van der Waals surface area contributed by atoms with Gasteiger partial charge in [-0.1, -0.05) is 26.0 Å². The molecular formula is C26H36N2O4. The molecule has 0 heterocycles. The summed E-state index contributed by atoms with van der Waals surface area (Å²) in [6.07, 6.45) is 2.65. The van der Waals surface area contributed by atoms with Gasteiger partial charge in [-0.2, -0.15) is 5.26 Å². The maximum atomic E-state index is 10.2. The lowest BCUT2D eigenvalue weighted by Gasteiger charge is -2.32. The summed E-state index contributed by atoms with van der Waals surface area (Å²) in [6, 6.07) is 14.4. The molecule has 2 aromatic carbocycles. The third-order valence-electron chi connectivity index (χ3n) is 6.05. The first kappa shape index (κ1) is 25.4. The molecule has 0 fully saturated rings. The number of hydrogen-bond donors (Lipinski definition) is 1. The maximum absolute atomic E-state index is 10.2. The number of rotatable bonds is 13. The molecule has 0 bridgehead atoms. The summed E-state index contributed by atoms with van der Waals surface area (Å²) in [5.74, 6) is 2.96. The van der Waals surface area contributed by atoms with Crippen molar-refractivity contribution in [2.45, 2.75) is 38.5 Å². The van der Waals surface area contributed by atoms with Gasteiger partial charge in [0.1, 0.15) is 0 Å².